The Hall–Kier alpha value is -3.32. The number of esters is 1. The maximum atomic E-state index is 12.7. The summed E-state index contributed by atoms with van der Waals surface area (Å²) in [5.74, 6) is -0.270. The highest BCUT2D eigenvalue weighted by Crippen LogP contribution is 2.24. The molecule has 1 unspecified atom stereocenters. The van der Waals surface area contributed by atoms with Gasteiger partial charge in [0.05, 0.1) is 24.1 Å². The molecule has 6 nitrogen and oxygen atoms in total. The molecule has 3 rings (SSSR count). The molecule has 0 aliphatic heterocycles. The van der Waals surface area contributed by atoms with E-state index < -0.39 is 12.1 Å². The number of hydrogen-bond acceptors (Lipinski definition) is 6. The van der Waals surface area contributed by atoms with E-state index in [1.807, 2.05) is 19.1 Å². The van der Waals surface area contributed by atoms with Crippen LogP contribution in [0.5, 0.6) is 0 Å². The maximum absolute atomic E-state index is 12.7. The van der Waals surface area contributed by atoms with E-state index >= 15 is 0 Å². The number of ether oxygens (including phenoxy) is 1. The zero-order chi connectivity index (χ0) is 22.2. The van der Waals surface area contributed by atoms with Crippen LogP contribution in [0.2, 0.25) is 0 Å². The van der Waals surface area contributed by atoms with E-state index in [0.29, 0.717) is 28.3 Å². The van der Waals surface area contributed by atoms with Crippen molar-refractivity contribution in [2.45, 2.75) is 31.4 Å². The Balaban J connectivity index is 1.58. The molecule has 0 radical (unpaired) electrons. The van der Waals surface area contributed by atoms with Crippen LogP contribution >= 0.6 is 11.8 Å². The first kappa shape index (κ1) is 22.4. The van der Waals surface area contributed by atoms with Crippen molar-refractivity contribution in [3.05, 3.63) is 89.4 Å². The lowest BCUT2D eigenvalue weighted by Gasteiger charge is -2.14. The molecule has 1 amide bonds. The van der Waals surface area contributed by atoms with E-state index in [0.717, 1.165) is 5.56 Å². The van der Waals surface area contributed by atoms with Gasteiger partial charge in [0.2, 0.25) is 11.7 Å². The number of furan rings is 1. The number of benzene rings is 2. The van der Waals surface area contributed by atoms with E-state index in [1.165, 1.54) is 11.8 Å². The van der Waals surface area contributed by atoms with Crippen LogP contribution in [0.4, 0.5) is 0 Å². The van der Waals surface area contributed by atoms with Gasteiger partial charge in [0, 0.05) is 10.5 Å². The fraction of sp³-hybridized carbons (Fsp3) is 0.208. The van der Waals surface area contributed by atoms with Crippen molar-refractivity contribution in [1.82, 2.24) is 5.32 Å². The molecule has 0 saturated carbocycles. The van der Waals surface area contributed by atoms with Gasteiger partial charge in [0.1, 0.15) is 5.76 Å². The summed E-state index contributed by atoms with van der Waals surface area (Å²) in [7, 11) is 0. The van der Waals surface area contributed by atoms with E-state index in [4.69, 9.17) is 9.15 Å². The standard InChI is InChI=1S/C24H23NO5S/c1-16-9-11-18(12-10-16)23(27)17(2)30-24(28)20-7-3-4-8-21(20)31-15-22(26)25-14-19-6-5-13-29-19/h3-13,17H,14-15H2,1-2H3,(H,25,26). The number of nitrogens with one attached hydrogen (secondary N) is 1. The van der Waals surface area contributed by atoms with Crippen LogP contribution < -0.4 is 5.32 Å². The zero-order valence-corrected chi connectivity index (χ0v) is 18.1. The van der Waals surface area contributed by atoms with Gasteiger partial charge in [-0.3, -0.25) is 9.59 Å². The predicted molar refractivity (Wildman–Crippen MR) is 118 cm³/mol. The second kappa shape index (κ2) is 10.6. The lowest BCUT2D eigenvalue weighted by atomic mass is 10.1. The van der Waals surface area contributed by atoms with Gasteiger partial charge in [-0.25, -0.2) is 4.79 Å². The third kappa shape index (κ3) is 6.33. The van der Waals surface area contributed by atoms with Crippen LogP contribution in [0.3, 0.4) is 0 Å². The largest absolute Gasteiger partial charge is 0.467 e. The summed E-state index contributed by atoms with van der Waals surface area (Å²) < 4.78 is 10.6. The lowest BCUT2D eigenvalue weighted by Crippen LogP contribution is -2.25. The molecule has 0 spiro atoms. The topological polar surface area (TPSA) is 85.6 Å². The second-order valence-electron chi connectivity index (χ2n) is 6.92. The molecule has 1 heterocycles. The fourth-order valence-corrected chi connectivity index (χ4v) is 3.65. The summed E-state index contributed by atoms with van der Waals surface area (Å²) in [5.41, 5.74) is 1.84. The molecule has 1 aromatic heterocycles. The number of rotatable bonds is 9. The number of hydrogen-bond donors (Lipinski definition) is 1. The van der Waals surface area contributed by atoms with Gasteiger partial charge in [0.15, 0.2) is 6.10 Å². The molecule has 31 heavy (non-hydrogen) atoms. The number of carbonyl (C=O) groups excluding carboxylic acids is 3. The number of Topliss-reactive ketones (excluding diaryl/α,β-unsaturated/α-hetero) is 1. The van der Waals surface area contributed by atoms with Gasteiger partial charge in [-0.2, -0.15) is 0 Å². The first-order chi connectivity index (χ1) is 14.9. The molecule has 3 aromatic rings. The number of aryl methyl sites for hydroxylation is 1. The molecule has 0 aliphatic carbocycles. The number of thioether (sulfide) groups is 1. The number of ketones is 1. The van der Waals surface area contributed by atoms with Crippen molar-refractivity contribution in [3.8, 4) is 0 Å². The predicted octanol–water partition coefficient (Wildman–Crippen LogP) is 4.42. The average molecular weight is 438 g/mol. The SMILES string of the molecule is Cc1ccc(C(=O)C(C)OC(=O)c2ccccc2SCC(=O)NCc2ccco2)cc1. The van der Waals surface area contributed by atoms with Crippen molar-refractivity contribution in [1.29, 1.82) is 0 Å². The lowest BCUT2D eigenvalue weighted by molar-refractivity contribution is -0.118. The average Bonchev–Trinajstić information content (AvgIpc) is 3.30. The van der Waals surface area contributed by atoms with Crippen LogP contribution in [-0.4, -0.2) is 29.5 Å². The molecule has 160 valence electrons. The van der Waals surface area contributed by atoms with Crippen molar-refractivity contribution < 1.29 is 23.5 Å². The first-order valence-electron chi connectivity index (χ1n) is 9.77. The highest BCUT2D eigenvalue weighted by Gasteiger charge is 2.22. The van der Waals surface area contributed by atoms with Crippen molar-refractivity contribution in [2.75, 3.05) is 5.75 Å². The number of carbonyl (C=O) groups is 3. The van der Waals surface area contributed by atoms with Crippen LogP contribution in [-0.2, 0) is 16.1 Å². The highest BCUT2D eigenvalue weighted by atomic mass is 32.2. The Morgan fingerprint density at radius 1 is 1.03 bits per heavy atom. The van der Waals surface area contributed by atoms with E-state index in [1.54, 1.807) is 61.7 Å². The van der Waals surface area contributed by atoms with Gasteiger partial charge in [-0.1, -0.05) is 42.0 Å². The van der Waals surface area contributed by atoms with Gasteiger partial charge >= 0.3 is 5.97 Å². The van der Waals surface area contributed by atoms with E-state index in [9.17, 15) is 14.4 Å². The van der Waals surface area contributed by atoms with Crippen LogP contribution in [0.25, 0.3) is 0 Å². The third-order valence-corrected chi connectivity index (χ3v) is 5.57. The molecule has 0 fully saturated rings. The van der Waals surface area contributed by atoms with Crippen LogP contribution in [0.15, 0.2) is 76.2 Å². The normalized spacial score (nSPS) is 11.5. The Morgan fingerprint density at radius 2 is 1.77 bits per heavy atom. The van der Waals surface area contributed by atoms with E-state index in [2.05, 4.69) is 5.32 Å². The smallest absolute Gasteiger partial charge is 0.339 e. The Morgan fingerprint density at radius 3 is 2.48 bits per heavy atom. The quantitative estimate of drug-likeness (QED) is 0.303. The van der Waals surface area contributed by atoms with Crippen LogP contribution in [0, 0.1) is 6.92 Å². The Kier molecular flexibility index (Phi) is 7.67. The van der Waals surface area contributed by atoms with Crippen molar-refractivity contribution >= 4 is 29.4 Å². The molecule has 2 aromatic carbocycles. The molecule has 0 saturated heterocycles. The van der Waals surface area contributed by atoms with Crippen molar-refractivity contribution in [2.24, 2.45) is 0 Å². The molecule has 7 heteroatoms. The maximum Gasteiger partial charge on any atom is 0.339 e. The summed E-state index contributed by atoms with van der Waals surface area (Å²) in [6, 6.07) is 17.5. The van der Waals surface area contributed by atoms with Gasteiger partial charge in [-0.05, 0) is 38.1 Å². The van der Waals surface area contributed by atoms with Crippen LogP contribution in [0.1, 0.15) is 39.0 Å². The van der Waals surface area contributed by atoms with Gasteiger partial charge in [-0.15, -0.1) is 11.8 Å². The summed E-state index contributed by atoms with van der Waals surface area (Å²) >= 11 is 1.23. The monoisotopic (exact) mass is 437 g/mol. The summed E-state index contributed by atoms with van der Waals surface area (Å²) in [5, 5.41) is 2.76. The third-order valence-electron chi connectivity index (χ3n) is 4.49. The number of amides is 1. The first-order valence-corrected chi connectivity index (χ1v) is 10.8. The Bertz CT molecular complexity index is 1040. The van der Waals surface area contributed by atoms with Gasteiger partial charge in [0.25, 0.3) is 0 Å². The Labute approximate surface area is 185 Å². The fourth-order valence-electron chi connectivity index (χ4n) is 2.78. The van der Waals surface area contributed by atoms with Crippen molar-refractivity contribution in [3.63, 3.8) is 0 Å². The molecule has 1 atom stereocenters. The highest BCUT2D eigenvalue weighted by molar-refractivity contribution is 8.00. The van der Waals surface area contributed by atoms with Gasteiger partial charge < -0.3 is 14.5 Å². The van der Waals surface area contributed by atoms with E-state index in [-0.39, 0.29) is 17.4 Å². The summed E-state index contributed by atoms with van der Waals surface area (Å²) in [4.78, 5) is 38.0. The minimum atomic E-state index is -0.926. The summed E-state index contributed by atoms with van der Waals surface area (Å²) in [6.45, 7) is 3.79. The molecular formula is C24H23NO5S. The zero-order valence-electron chi connectivity index (χ0n) is 17.3. The minimum Gasteiger partial charge on any atom is -0.467 e. The molecule has 1 N–H and O–H groups in total. The molecule has 0 aliphatic rings. The molecular weight excluding hydrogens is 414 g/mol. The summed E-state index contributed by atoms with van der Waals surface area (Å²) in [6.07, 6.45) is 0.618. The second-order valence-corrected chi connectivity index (χ2v) is 7.94. The minimum absolute atomic E-state index is 0.128. The molecule has 0 bridgehead atoms.